The summed E-state index contributed by atoms with van der Waals surface area (Å²) in [5, 5.41) is 8.75. The second-order valence-electron chi connectivity index (χ2n) is 4.48. The predicted molar refractivity (Wildman–Crippen MR) is 69.3 cm³/mol. The van der Waals surface area contributed by atoms with Gasteiger partial charge in [0.1, 0.15) is 11.9 Å². The van der Waals surface area contributed by atoms with Gasteiger partial charge in [-0.3, -0.25) is 0 Å². The van der Waals surface area contributed by atoms with Crippen molar-refractivity contribution in [3.05, 3.63) is 65.2 Å². The van der Waals surface area contributed by atoms with Crippen LogP contribution in [0.3, 0.4) is 0 Å². The number of nitrogens with zero attached hydrogens (tertiary/aromatic N) is 1. The minimum Gasteiger partial charge on any atom is -0.486 e. The first-order chi connectivity index (χ1) is 8.86. The Hall–Kier alpha value is -2.27. The highest BCUT2D eigenvalue weighted by Crippen LogP contribution is 2.34. The summed E-state index contributed by atoms with van der Waals surface area (Å²) in [7, 11) is 0. The third kappa shape index (κ3) is 1.96. The Balaban J connectivity index is 1.80. The van der Waals surface area contributed by atoms with Gasteiger partial charge < -0.3 is 4.74 Å². The van der Waals surface area contributed by atoms with Crippen molar-refractivity contribution in [1.29, 1.82) is 5.26 Å². The summed E-state index contributed by atoms with van der Waals surface area (Å²) < 4.78 is 5.99. The molecule has 2 heteroatoms. The van der Waals surface area contributed by atoms with Crippen LogP contribution in [0, 0.1) is 11.3 Å². The first kappa shape index (κ1) is 10.9. The van der Waals surface area contributed by atoms with Crippen molar-refractivity contribution >= 4 is 0 Å². The molecule has 88 valence electrons. The Labute approximate surface area is 106 Å². The molecule has 0 N–H and O–H groups in total. The van der Waals surface area contributed by atoms with E-state index in [4.69, 9.17) is 10.00 Å². The lowest BCUT2D eigenvalue weighted by molar-refractivity contribution is 0.207. The van der Waals surface area contributed by atoms with E-state index in [9.17, 15) is 0 Å². The molecule has 0 radical (unpaired) electrons. The molecule has 1 aliphatic rings. The minimum atomic E-state index is 0.147. The van der Waals surface area contributed by atoms with Crippen molar-refractivity contribution in [3.63, 3.8) is 0 Å². The average Bonchev–Trinajstić information content (AvgIpc) is 2.83. The molecule has 0 aliphatic heterocycles. The van der Waals surface area contributed by atoms with Gasteiger partial charge in [-0.15, -0.1) is 0 Å². The molecule has 0 bridgehead atoms. The molecule has 2 aromatic carbocycles. The van der Waals surface area contributed by atoms with Crippen LogP contribution in [0.25, 0.3) is 0 Å². The fourth-order valence-corrected chi connectivity index (χ4v) is 2.41. The van der Waals surface area contributed by atoms with Crippen LogP contribution in [0.5, 0.6) is 5.75 Å². The molecular weight excluding hydrogens is 222 g/mol. The van der Waals surface area contributed by atoms with Gasteiger partial charge in [0, 0.05) is 0 Å². The molecule has 18 heavy (non-hydrogen) atoms. The van der Waals surface area contributed by atoms with Crippen molar-refractivity contribution in [2.75, 3.05) is 0 Å². The quantitative estimate of drug-likeness (QED) is 0.796. The molecule has 2 nitrogen and oxygen atoms in total. The molecule has 0 saturated heterocycles. The summed E-state index contributed by atoms with van der Waals surface area (Å²) >= 11 is 0. The fraction of sp³-hybridized carbons (Fsp3) is 0.188. The van der Waals surface area contributed by atoms with Gasteiger partial charge in [0.25, 0.3) is 0 Å². The van der Waals surface area contributed by atoms with Crippen molar-refractivity contribution in [2.24, 2.45) is 0 Å². The molecule has 3 rings (SSSR count). The third-order valence-corrected chi connectivity index (χ3v) is 3.34. The summed E-state index contributed by atoms with van der Waals surface area (Å²) in [6, 6.07) is 17.8. The molecule has 1 unspecified atom stereocenters. The lowest BCUT2D eigenvalue weighted by Gasteiger charge is -2.14. The maximum Gasteiger partial charge on any atom is 0.124 e. The van der Waals surface area contributed by atoms with Crippen LogP contribution < -0.4 is 4.74 Å². The van der Waals surface area contributed by atoms with Gasteiger partial charge in [0.05, 0.1) is 11.6 Å². The Morgan fingerprint density at radius 3 is 2.61 bits per heavy atom. The maximum absolute atomic E-state index is 8.75. The Morgan fingerprint density at radius 2 is 1.83 bits per heavy atom. The maximum atomic E-state index is 8.75. The third-order valence-electron chi connectivity index (χ3n) is 3.34. The van der Waals surface area contributed by atoms with Crippen LogP contribution in [-0.4, -0.2) is 0 Å². The largest absolute Gasteiger partial charge is 0.486 e. The van der Waals surface area contributed by atoms with Gasteiger partial charge in [-0.25, -0.2) is 0 Å². The Bertz CT molecular complexity index is 595. The van der Waals surface area contributed by atoms with Crippen LogP contribution in [0.4, 0.5) is 0 Å². The second kappa shape index (κ2) is 4.54. The topological polar surface area (TPSA) is 33.0 Å². The number of hydrogen-bond acceptors (Lipinski definition) is 2. The van der Waals surface area contributed by atoms with Gasteiger partial charge in [-0.05, 0) is 48.2 Å². The van der Waals surface area contributed by atoms with Gasteiger partial charge in [0.15, 0.2) is 0 Å². The normalized spacial score (nSPS) is 16.9. The van der Waals surface area contributed by atoms with Crippen molar-refractivity contribution in [3.8, 4) is 11.8 Å². The molecule has 0 heterocycles. The van der Waals surface area contributed by atoms with Crippen molar-refractivity contribution < 1.29 is 4.74 Å². The summed E-state index contributed by atoms with van der Waals surface area (Å²) in [6.07, 6.45) is 2.25. The molecule has 0 spiro atoms. The number of ether oxygens (including phenoxy) is 1. The molecule has 0 aromatic heterocycles. The molecular formula is C16H13NO. The monoisotopic (exact) mass is 235 g/mol. The lowest BCUT2D eigenvalue weighted by Crippen LogP contribution is -2.03. The molecule has 0 amide bonds. The smallest absolute Gasteiger partial charge is 0.124 e. The summed E-state index contributed by atoms with van der Waals surface area (Å²) in [5.41, 5.74) is 3.34. The molecule has 1 aliphatic carbocycles. The van der Waals surface area contributed by atoms with E-state index in [-0.39, 0.29) is 6.10 Å². The zero-order chi connectivity index (χ0) is 12.4. The van der Waals surface area contributed by atoms with E-state index in [1.54, 1.807) is 12.1 Å². The summed E-state index contributed by atoms with van der Waals surface area (Å²) in [5.74, 6) is 0.829. The number of rotatable bonds is 2. The van der Waals surface area contributed by atoms with Crippen LogP contribution in [0.1, 0.15) is 29.2 Å². The van der Waals surface area contributed by atoms with E-state index < -0.39 is 0 Å². The van der Waals surface area contributed by atoms with E-state index >= 15 is 0 Å². The van der Waals surface area contributed by atoms with E-state index in [2.05, 4.69) is 30.3 Å². The van der Waals surface area contributed by atoms with Crippen LogP contribution in [0.2, 0.25) is 0 Å². The molecule has 0 saturated carbocycles. The number of aryl methyl sites for hydroxylation is 1. The van der Waals surface area contributed by atoms with Crippen LogP contribution >= 0.6 is 0 Å². The zero-order valence-electron chi connectivity index (χ0n) is 9.97. The Kier molecular flexibility index (Phi) is 2.74. The highest BCUT2D eigenvalue weighted by Gasteiger charge is 2.23. The van der Waals surface area contributed by atoms with E-state index in [0.29, 0.717) is 5.56 Å². The second-order valence-corrected chi connectivity index (χ2v) is 4.48. The SMILES string of the molecule is N#Cc1ccc(OC2CCc3ccccc32)cc1. The van der Waals surface area contributed by atoms with E-state index in [1.807, 2.05) is 12.1 Å². The van der Waals surface area contributed by atoms with Crippen LogP contribution in [-0.2, 0) is 6.42 Å². The lowest BCUT2D eigenvalue weighted by atomic mass is 10.1. The van der Waals surface area contributed by atoms with Crippen molar-refractivity contribution in [2.45, 2.75) is 18.9 Å². The van der Waals surface area contributed by atoms with E-state index in [0.717, 1.165) is 18.6 Å². The van der Waals surface area contributed by atoms with Gasteiger partial charge in [-0.2, -0.15) is 5.26 Å². The van der Waals surface area contributed by atoms with E-state index in [1.165, 1.54) is 11.1 Å². The Morgan fingerprint density at radius 1 is 1.06 bits per heavy atom. The highest BCUT2D eigenvalue weighted by atomic mass is 16.5. The molecule has 1 atom stereocenters. The number of benzene rings is 2. The minimum absolute atomic E-state index is 0.147. The predicted octanol–water partition coefficient (Wildman–Crippen LogP) is 3.62. The number of nitriles is 1. The van der Waals surface area contributed by atoms with Gasteiger partial charge >= 0.3 is 0 Å². The molecule has 2 aromatic rings. The number of hydrogen-bond donors (Lipinski definition) is 0. The first-order valence-corrected chi connectivity index (χ1v) is 6.11. The highest BCUT2D eigenvalue weighted by molar-refractivity contribution is 5.37. The van der Waals surface area contributed by atoms with Gasteiger partial charge in [0.2, 0.25) is 0 Å². The average molecular weight is 235 g/mol. The summed E-state index contributed by atoms with van der Waals surface area (Å²) in [4.78, 5) is 0. The van der Waals surface area contributed by atoms with Crippen LogP contribution in [0.15, 0.2) is 48.5 Å². The summed E-state index contributed by atoms with van der Waals surface area (Å²) in [6.45, 7) is 0. The zero-order valence-corrected chi connectivity index (χ0v) is 9.97. The van der Waals surface area contributed by atoms with Crippen molar-refractivity contribution in [1.82, 2.24) is 0 Å². The standard InChI is InChI=1S/C16H13NO/c17-11-12-5-8-14(9-6-12)18-16-10-7-13-3-1-2-4-15(13)16/h1-6,8-9,16H,7,10H2. The number of fused-ring (bicyclic) bond motifs is 1. The fourth-order valence-electron chi connectivity index (χ4n) is 2.41. The molecule has 0 fully saturated rings. The van der Waals surface area contributed by atoms with Gasteiger partial charge in [-0.1, -0.05) is 24.3 Å². The first-order valence-electron chi connectivity index (χ1n) is 6.11.